The summed E-state index contributed by atoms with van der Waals surface area (Å²) in [6.45, 7) is 6.96. The van der Waals surface area contributed by atoms with Gasteiger partial charge in [0.15, 0.2) is 0 Å². The average molecular weight is 373 g/mol. The predicted octanol–water partition coefficient (Wildman–Crippen LogP) is 5.89. The van der Waals surface area contributed by atoms with Gasteiger partial charge in [0.1, 0.15) is 0 Å². The largest absolute Gasteiger partial charge is 0.345 e. The molecule has 3 rings (SSSR count). The van der Waals surface area contributed by atoms with Crippen molar-refractivity contribution in [2.75, 3.05) is 0 Å². The molecule has 0 bridgehead atoms. The molecule has 1 aliphatic carbocycles. The Morgan fingerprint density at radius 3 is 1.88 bits per heavy atom. The molecule has 0 saturated heterocycles. The third-order valence-electron chi connectivity index (χ3n) is 4.37. The summed E-state index contributed by atoms with van der Waals surface area (Å²) < 4.78 is 7.15. The van der Waals surface area contributed by atoms with Gasteiger partial charge in [-0.15, -0.1) is 11.8 Å². The number of hydrogen-bond acceptors (Lipinski definition) is 2. The van der Waals surface area contributed by atoms with Gasteiger partial charge in [0, 0.05) is 20.6 Å². The van der Waals surface area contributed by atoms with Crippen LogP contribution in [0, 0.1) is 0 Å². The van der Waals surface area contributed by atoms with Gasteiger partial charge < -0.3 is 4.52 Å². The van der Waals surface area contributed by atoms with Crippen molar-refractivity contribution in [3.05, 3.63) is 60.7 Å². The van der Waals surface area contributed by atoms with Crippen LogP contribution < -0.4 is 10.6 Å². The lowest BCUT2D eigenvalue weighted by Crippen LogP contribution is -2.34. The molecule has 2 atom stereocenters. The fraction of sp³-hybridized carbons (Fsp3) is 0.455. The lowest BCUT2D eigenvalue weighted by molar-refractivity contribution is 0.184. The van der Waals surface area contributed by atoms with Gasteiger partial charge >= 0.3 is 0 Å². The molecule has 1 aliphatic rings. The summed E-state index contributed by atoms with van der Waals surface area (Å²) in [6.07, 6.45) is 5.44. The Labute approximate surface area is 158 Å². The summed E-state index contributed by atoms with van der Waals surface area (Å²) in [7, 11) is -0.755. The van der Waals surface area contributed by atoms with E-state index in [9.17, 15) is 0 Å². The first-order valence-electron chi connectivity index (χ1n) is 9.28. The Balaban J connectivity index is 1.84. The predicted molar refractivity (Wildman–Crippen MR) is 114 cm³/mol. The summed E-state index contributed by atoms with van der Waals surface area (Å²) in [5, 5.41) is 3.23. The van der Waals surface area contributed by atoms with Gasteiger partial charge in [-0.1, -0.05) is 94.3 Å². The number of benzene rings is 2. The zero-order chi connectivity index (χ0) is 17.7. The summed E-state index contributed by atoms with van der Waals surface area (Å²) >= 11 is 2.10. The first-order valence-corrected chi connectivity index (χ1v) is 11.4. The molecule has 25 heavy (non-hydrogen) atoms. The fourth-order valence-electron chi connectivity index (χ4n) is 3.31. The van der Waals surface area contributed by atoms with E-state index >= 15 is 0 Å². The summed E-state index contributed by atoms with van der Waals surface area (Å²) in [4.78, 5) is 0. The Hall–Kier alpha value is -0.820. The van der Waals surface area contributed by atoms with Gasteiger partial charge in [-0.05, 0) is 12.8 Å². The summed E-state index contributed by atoms with van der Waals surface area (Å²) in [6, 6.07) is 21.5. The first-order chi connectivity index (χ1) is 12.0. The van der Waals surface area contributed by atoms with Gasteiger partial charge in [0.25, 0.3) is 0 Å². The van der Waals surface area contributed by atoms with Crippen molar-refractivity contribution in [3.8, 4) is 0 Å². The molecule has 0 amide bonds. The molecule has 1 saturated carbocycles. The van der Waals surface area contributed by atoms with Crippen LogP contribution in [0.15, 0.2) is 60.7 Å². The van der Waals surface area contributed by atoms with Crippen molar-refractivity contribution >= 4 is 30.5 Å². The SMILES string of the molecule is CC(C)(C)S[C@@H]1CCCC[C@H]1OP(c1ccccc1)c1ccccc1. The molecule has 0 N–H and O–H groups in total. The van der Waals surface area contributed by atoms with Crippen molar-refractivity contribution in [2.24, 2.45) is 0 Å². The van der Waals surface area contributed by atoms with E-state index in [4.69, 9.17) is 4.52 Å². The van der Waals surface area contributed by atoms with E-state index in [-0.39, 0.29) is 4.75 Å². The highest BCUT2D eigenvalue weighted by molar-refractivity contribution is 8.01. The van der Waals surface area contributed by atoms with Crippen LogP contribution in [-0.2, 0) is 4.52 Å². The Morgan fingerprint density at radius 1 is 0.840 bits per heavy atom. The monoisotopic (exact) mass is 372 g/mol. The van der Waals surface area contributed by atoms with Crippen LogP contribution in [0.5, 0.6) is 0 Å². The molecule has 0 aliphatic heterocycles. The highest BCUT2D eigenvalue weighted by Gasteiger charge is 2.32. The maximum absolute atomic E-state index is 6.87. The van der Waals surface area contributed by atoms with Crippen LogP contribution >= 0.6 is 19.9 Å². The molecular formula is C22H29OPS. The van der Waals surface area contributed by atoms with Crippen molar-refractivity contribution in [2.45, 2.75) is 62.6 Å². The smallest absolute Gasteiger partial charge is 0.0922 e. The molecule has 0 unspecified atom stereocenters. The zero-order valence-electron chi connectivity index (χ0n) is 15.5. The molecule has 1 nitrogen and oxygen atoms in total. The molecule has 0 aromatic heterocycles. The number of hydrogen-bond donors (Lipinski definition) is 0. The van der Waals surface area contributed by atoms with Crippen LogP contribution in [0.3, 0.4) is 0 Å². The quantitative estimate of drug-likeness (QED) is 0.605. The van der Waals surface area contributed by atoms with Crippen molar-refractivity contribution in [1.82, 2.24) is 0 Å². The molecule has 2 aromatic carbocycles. The maximum atomic E-state index is 6.87. The van der Waals surface area contributed by atoms with Crippen molar-refractivity contribution < 1.29 is 4.52 Å². The lowest BCUT2D eigenvalue weighted by atomic mass is 9.97. The van der Waals surface area contributed by atoms with E-state index in [1.54, 1.807) is 0 Å². The third kappa shape index (κ3) is 5.58. The standard InChI is InChI=1S/C22H29OPS/c1-22(2,3)25-21-17-11-10-16-20(21)23-24(18-12-6-4-7-13-18)19-14-8-5-9-15-19/h4-9,12-15,20-21H,10-11,16-17H2,1-3H3/t20-,21-/m1/s1. The van der Waals surface area contributed by atoms with Crippen molar-refractivity contribution in [1.29, 1.82) is 0 Å². The topological polar surface area (TPSA) is 9.23 Å². The second kappa shape index (κ2) is 8.71. The highest BCUT2D eigenvalue weighted by Crippen LogP contribution is 2.44. The van der Waals surface area contributed by atoms with Crippen LogP contribution in [-0.4, -0.2) is 16.1 Å². The molecule has 134 valence electrons. The second-order valence-corrected chi connectivity index (χ2v) is 11.6. The van der Waals surface area contributed by atoms with Crippen LogP contribution in [0.2, 0.25) is 0 Å². The third-order valence-corrected chi connectivity index (χ3v) is 7.93. The van der Waals surface area contributed by atoms with Gasteiger partial charge in [0.2, 0.25) is 0 Å². The molecule has 0 spiro atoms. The van der Waals surface area contributed by atoms with Crippen LogP contribution in [0.4, 0.5) is 0 Å². The summed E-state index contributed by atoms with van der Waals surface area (Å²) in [5.41, 5.74) is 0. The van der Waals surface area contributed by atoms with E-state index in [0.717, 1.165) is 0 Å². The number of thioether (sulfide) groups is 1. The highest BCUT2D eigenvalue weighted by atomic mass is 32.2. The minimum Gasteiger partial charge on any atom is -0.345 e. The normalized spacial score (nSPS) is 21.4. The van der Waals surface area contributed by atoms with Gasteiger partial charge in [-0.3, -0.25) is 0 Å². The van der Waals surface area contributed by atoms with E-state index in [0.29, 0.717) is 11.4 Å². The molecule has 3 heteroatoms. The molecule has 0 heterocycles. The number of rotatable bonds is 5. The Kier molecular flexibility index (Phi) is 6.61. The molecule has 1 fully saturated rings. The minimum absolute atomic E-state index is 0.284. The Bertz CT molecular complexity index is 599. The van der Waals surface area contributed by atoms with Gasteiger partial charge in [-0.2, -0.15) is 0 Å². The van der Waals surface area contributed by atoms with Crippen molar-refractivity contribution in [3.63, 3.8) is 0 Å². The van der Waals surface area contributed by atoms with Crippen LogP contribution in [0.1, 0.15) is 46.5 Å². The van der Waals surface area contributed by atoms with Crippen LogP contribution in [0.25, 0.3) is 0 Å². The average Bonchev–Trinajstić information content (AvgIpc) is 2.61. The first kappa shape index (κ1) is 19.0. The lowest BCUT2D eigenvalue weighted by Gasteiger charge is -2.37. The molecular weight excluding hydrogens is 343 g/mol. The fourth-order valence-corrected chi connectivity index (χ4v) is 6.87. The maximum Gasteiger partial charge on any atom is 0.0922 e. The van der Waals surface area contributed by atoms with Gasteiger partial charge in [-0.25, -0.2) is 0 Å². The minimum atomic E-state index is -0.755. The zero-order valence-corrected chi connectivity index (χ0v) is 17.2. The van der Waals surface area contributed by atoms with E-state index < -0.39 is 8.15 Å². The molecule has 0 radical (unpaired) electrons. The van der Waals surface area contributed by atoms with E-state index in [1.807, 2.05) is 0 Å². The Morgan fingerprint density at radius 2 is 1.36 bits per heavy atom. The summed E-state index contributed by atoms with van der Waals surface area (Å²) in [5.74, 6) is 0. The van der Waals surface area contributed by atoms with E-state index in [1.165, 1.54) is 36.3 Å². The van der Waals surface area contributed by atoms with Gasteiger partial charge in [0.05, 0.1) is 14.3 Å². The molecule has 2 aromatic rings. The van der Waals surface area contributed by atoms with E-state index in [2.05, 4.69) is 93.2 Å². The second-order valence-electron chi connectivity index (χ2n) is 7.66.